The molecule has 3 aromatic rings. The molecule has 29 heavy (non-hydrogen) atoms. The Bertz CT molecular complexity index is 955. The number of aromatic nitrogens is 3. The molecule has 4 rings (SSSR count). The van der Waals surface area contributed by atoms with Crippen LogP contribution in [0.2, 0.25) is 0 Å². The molecule has 1 atom stereocenters. The summed E-state index contributed by atoms with van der Waals surface area (Å²) in [6.07, 6.45) is 7.29. The number of amides is 2. The maximum Gasteiger partial charge on any atom is 0.317 e. The predicted molar refractivity (Wildman–Crippen MR) is 113 cm³/mol. The Balaban J connectivity index is 1.48. The lowest BCUT2D eigenvalue weighted by atomic mass is 9.95. The number of carbonyl (C=O) groups excluding carboxylic acids is 1. The fourth-order valence-corrected chi connectivity index (χ4v) is 3.93. The molecular weight excluding hydrogens is 364 g/mol. The SMILES string of the molecule is Nc1cc(-c2cn[nH]c2[C@@H]2CCCCN2C(=O)NCCc2ccccc2)ccn1. The fourth-order valence-electron chi connectivity index (χ4n) is 3.93. The standard InChI is InChI=1S/C22H26N6O/c23-20-14-17(10-12-24-20)18-15-26-27-21(18)19-8-4-5-13-28(19)22(29)25-11-9-16-6-2-1-3-7-16/h1-3,6-7,10,12,14-15,19H,4-5,8-9,11,13H2,(H2,23,24)(H,25,29)(H,26,27)/t19-/m0/s1. The van der Waals surface area contributed by atoms with Crippen molar-refractivity contribution in [3.8, 4) is 11.1 Å². The zero-order valence-corrected chi connectivity index (χ0v) is 16.3. The molecule has 0 spiro atoms. The molecule has 1 aliphatic heterocycles. The number of nitrogen functional groups attached to an aromatic ring is 1. The maximum absolute atomic E-state index is 12.9. The highest BCUT2D eigenvalue weighted by molar-refractivity contribution is 5.76. The third kappa shape index (κ3) is 4.39. The highest BCUT2D eigenvalue weighted by Gasteiger charge is 2.31. The van der Waals surface area contributed by atoms with E-state index in [2.05, 4.69) is 32.6 Å². The monoisotopic (exact) mass is 390 g/mol. The van der Waals surface area contributed by atoms with Gasteiger partial charge in [-0.15, -0.1) is 0 Å². The van der Waals surface area contributed by atoms with Crippen molar-refractivity contribution in [1.29, 1.82) is 0 Å². The molecule has 1 saturated heterocycles. The van der Waals surface area contributed by atoms with Crippen molar-refractivity contribution in [2.45, 2.75) is 31.7 Å². The van der Waals surface area contributed by atoms with Gasteiger partial charge >= 0.3 is 6.03 Å². The first-order chi connectivity index (χ1) is 14.2. The minimum Gasteiger partial charge on any atom is -0.384 e. The molecule has 0 aliphatic carbocycles. The van der Waals surface area contributed by atoms with Crippen LogP contribution in [0.4, 0.5) is 10.6 Å². The number of likely N-dealkylation sites (tertiary alicyclic amines) is 1. The summed E-state index contributed by atoms with van der Waals surface area (Å²) >= 11 is 0. The topological polar surface area (TPSA) is 99.9 Å². The van der Waals surface area contributed by atoms with Crippen molar-refractivity contribution in [1.82, 2.24) is 25.4 Å². The lowest BCUT2D eigenvalue weighted by Gasteiger charge is -2.35. The number of urea groups is 1. The van der Waals surface area contributed by atoms with Crippen molar-refractivity contribution in [2.24, 2.45) is 0 Å². The quantitative estimate of drug-likeness (QED) is 0.620. The number of nitrogens with one attached hydrogen (secondary N) is 2. The molecule has 150 valence electrons. The summed E-state index contributed by atoms with van der Waals surface area (Å²) in [4.78, 5) is 18.9. The molecule has 0 saturated carbocycles. The minimum absolute atomic E-state index is 0.0274. The first-order valence-corrected chi connectivity index (χ1v) is 10.1. The number of hydrogen-bond acceptors (Lipinski definition) is 4. The third-order valence-electron chi connectivity index (χ3n) is 5.39. The van der Waals surface area contributed by atoms with Gasteiger partial charge in [0.15, 0.2) is 0 Å². The Labute approximate surface area is 170 Å². The summed E-state index contributed by atoms with van der Waals surface area (Å²) in [5.41, 5.74) is 9.95. The van der Waals surface area contributed by atoms with E-state index in [1.54, 1.807) is 12.4 Å². The van der Waals surface area contributed by atoms with Crippen LogP contribution in [-0.2, 0) is 6.42 Å². The van der Waals surface area contributed by atoms with E-state index in [1.807, 2.05) is 35.2 Å². The molecular formula is C22H26N6O. The van der Waals surface area contributed by atoms with Crippen molar-refractivity contribution >= 4 is 11.8 Å². The third-order valence-corrected chi connectivity index (χ3v) is 5.39. The molecule has 1 fully saturated rings. The van der Waals surface area contributed by atoms with E-state index in [0.29, 0.717) is 12.4 Å². The average molecular weight is 390 g/mol. The van der Waals surface area contributed by atoms with Crippen LogP contribution in [0.1, 0.15) is 36.6 Å². The molecule has 0 unspecified atom stereocenters. The number of carbonyl (C=O) groups is 1. The predicted octanol–water partition coefficient (Wildman–Crippen LogP) is 3.53. The number of anilines is 1. The first-order valence-electron chi connectivity index (χ1n) is 10.1. The summed E-state index contributed by atoms with van der Waals surface area (Å²) in [5.74, 6) is 0.466. The number of nitrogens with two attached hydrogens (primary N) is 1. The molecule has 0 bridgehead atoms. The lowest BCUT2D eigenvalue weighted by molar-refractivity contribution is 0.150. The highest BCUT2D eigenvalue weighted by Crippen LogP contribution is 2.35. The van der Waals surface area contributed by atoms with E-state index in [4.69, 9.17) is 5.73 Å². The normalized spacial score (nSPS) is 16.6. The Morgan fingerprint density at radius 2 is 2.10 bits per heavy atom. The second-order valence-electron chi connectivity index (χ2n) is 7.34. The van der Waals surface area contributed by atoms with Crippen LogP contribution in [0.25, 0.3) is 11.1 Å². The molecule has 2 amide bonds. The molecule has 0 radical (unpaired) electrons. The van der Waals surface area contributed by atoms with Gasteiger partial charge in [0, 0.05) is 24.8 Å². The van der Waals surface area contributed by atoms with Crippen molar-refractivity contribution < 1.29 is 4.79 Å². The summed E-state index contributed by atoms with van der Waals surface area (Å²) in [6, 6.07) is 13.9. The Kier molecular flexibility index (Phi) is 5.74. The lowest BCUT2D eigenvalue weighted by Crippen LogP contribution is -2.45. The van der Waals surface area contributed by atoms with Gasteiger partial charge in [-0.2, -0.15) is 5.10 Å². The van der Waals surface area contributed by atoms with Gasteiger partial charge in [-0.05, 0) is 48.9 Å². The van der Waals surface area contributed by atoms with E-state index >= 15 is 0 Å². The van der Waals surface area contributed by atoms with Gasteiger partial charge in [0.05, 0.1) is 17.9 Å². The van der Waals surface area contributed by atoms with Gasteiger partial charge in [0.25, 0.3) is 0 Å². The number of aromatic amines is 1. The second-order valence-corrected chi connectivity index (χ2v) is 7.34. The number of H-pyrrole nitrogens is 1. The van der Waals surface area contributed by atoms with Gasteiger partial charge in [-0.25, -0.2) is 9.78 Å². The van der Waals surface area contributed by atoms with Crippen LogP contribution >= 0.6 is 0 Å². The second kappa shape index (κ2) is 8.77. The van der Waals surface area contributed by atoms with Crippen molar-refractivity contribution in [3.05, 3.63) is 66.1 Å². The summed E-state index contributed by atoms with van der Waals surface area (Å²) in [5, 5.41) is 10.5. The van der Waals surface area contributed by atoms with E-state index in [-0.39, 0.29) is 12.1 Å². The summed E-state index contributed by atoms with van der Waals surface area (Å²) in [6.45, 7) is 1.35. The van der Waals surface area contributed by atoms with Gasteiger partial charge < -0.3 is 16.0 Å². The van der Waals surface area contributed by atoms with Gasteiger partial charge in [0.1, 0.15) is 5.82 Å². The number of pyridine rings is 1. The Hall–Kier alpha value is -3.35. The molecule has 7 heteroatoms. The number of piperidine rings is 1. The smallest absolute Gasteiger partial charge is 0.317 e. The van der Waals surface area contributed by atoms with Gasteiger partial charge in [-0.1, -0.05) is 30.3 Å². The van der Waals surface area contributed by atoms with Crippen LogP contribution < -0.4 is 11.1 Å². The summed E-state index contributed by atoms with van der Waals surface area (Å²) in [7, 11) is 0. The van der Waals surface area contributed by atoms with Crippen LogP contribution in [0.15, 0.2) is 54.9 Å². The zero-order chi connectivity index (χ0) is 20.1. The van der Waals surface area contributed by atoms with Crippen LogP contribution in [0.3, 0.4) is 0 Å². The van der Waals surface area contributed by atoms with E-state index in [1.165, 1.54) is 5.56 Å². The van der Waals surface area contributed by atoms with E-state index in [0.717, 1.165) is 49.0 Å². The zero-order valence-electron chi connectivity index (χ0n) is 16.3. The fraction of sp³-hybridized carbons (Fsp3) is 0.318. The number of hydrogen-bond donors (Lipinski definition) is 3. The largest absolute Gasteiger partial charge is 0.384 e. The Morgan fingerprint density at radius 1 is 1.24 bits per heavy atom. The Morgan fingerprint density at radius 3 is 2.93 bits per heavy atom. The molecule has 1 aliphatic rings. The van der Waals surface area contributed by atoms with Gasteiger partial charge in [0.2, 0.25) is 0 Å². The van der Waals surface area contributed by atoms with Crippen molar-refractivity contribution in [2.75, 3.05) is 18.8 Å². The number of nitrogens with zero attached hydrogens (tertiary/aromatic N) is 3. The van der Waals surface area contributed by atoms with Crippen LogP contribution in [0, 0.1) is 0 Å². The van der Waals surface area contributed by atoms with Gasteiger partial charge in [-0.3, -0.25) is 5.10 Å². The molecule has 1 aromatic carbocycles. The average Bonchev–Trinajstić information content (AvgIpc) is 3.24. The molecule has 2 aromatic heterocycles. The molecule has 3 heterocycles. The number of benzene rings is 1. The van der Waals surface area contributed by atoms with E-state index in [9.17, 15) is 4.79 Å². The molecule has 7 nitrogen and oxygen atoms in total. The maximum atomic E-state index is 12.9. The van der Waals surface area contributed by atoms with Crippen LogP contribution in [0.5, 0.6) is 0 Å². The molecule has 4 N–H and O–H groups in total. The van der Waals surface area contributed by atoms with Crippen LogP contribution in [-0.4, -0.2) is 39.2 Å². The van der Waals surface area contributed by atoms with E-state index < -0.39 is 0 Å². The summed E-state index contributed by atoms with van der Waals surface area (Å²) < 4.78 is 0. The first kappa shape index (κ1) is 19.0. The number of rotatable bonds is 5. The highest BCUT2D eigenvalue weighted by atomic mass is 16.2. The minimum atomic E-state index is -0.0348. The van der Waals surface area contributed by atoms with Crippen molar-refractivity contribution in [3.63, 3.8) is 0 Å².